The quantitative estimate of drug-likeness (QED) is 0.520. The van der Waals surface area contributed by atoms with Gasteiger partial charge in [-0.1, -0.05) is 23.2 Å². The smallest absolute Gasteiger partial charge is 0.196 e. The first-order valence-corrected chi connectivity index (χ1v) is 8.03. The number of thiophene rings is 1. The first-order chi connectivity index (χ1) is 10.6. The van der Waals surface area contributed by atoms with E-state index >= 15 is 0 Å². The lowest BCUT2D eigenvalue weighted by molar-refractivity contribution is 0.105. The van der Waals surface area contributed by atoms with Gasteiger partial charge in [-0.3, -0.25) is 4.79 Å². The van der Waals surface area contributed by atoms with Gasteiger partial charge in [-0.15, -0.1) is 11.3 Å². The third-order valence-electron chi connectivity index (χ3n) is 3.05. The van der Waals surface area contributed by atoms with Crippen molar-refractivity contribution in [1.82, 2.24) is 9.97 Å². The SMILES string of the molecule is O=C(C(=Cc1ccsc1Cl)c1ncc[nH]1)c1ccc(Cl)cc1. The van der Waals surface area contributed by atoms with Crippen LogP contribution in [0.1, 0.15) is 21.7 Å². The molecule has 0 aliphatic carbocycles. The summed E-state index contributed by atoms with van der Waals surface area (Å²) in [6.07, 6.45) is 5.02. The van der Waals surface area contributed by atoms with Crippen molar-refractivity contribution in [3.63, 3.8) is 0 Å². The molecule has 0 aliphatic heterocycles. The molecule has 1 aromatic carbocycles. The van der Waals surface area contributed by atoms with Gasteiger partial charge in [0.05, 0.1) is 5.57 Å². The Morgan fingerprint density at radius 2 is 1.95 bits per heavy atom. The molecule has 2 heterocycles. The largest absolute Gasteiger partial charge is 0.345 e. The van der Waals surface area contributed by atoms with Gasteiger partial charge in [0.25, 0.3) is 0 Å². The molecule has 6 heteroatoms. The van der Waals surface area contributed by atoms with Crippen LogP contribution >= 0.6 is 34.5 Å². The predicted octanol–water partition coefficient (Wildman–Crippen LogP) is 5.20. The third-order valence-corrected chi connectivity index (χ3v) is 4.50. The number of H-pyrrole nitrogens is 1. The van der Waals surface area contributed by atoms with Crippen LogP contribution in [0.25, 0.3) is 11.6 Å². The molecule has 0 saturated carbocycles. The van der Waals surface area contributed by atoms with Crippen LogP contribution in [0.5, 0.6) is 0 Å². The van der Waals surface area contributed by atoms with Crippen LogP contribution in [0.2, 0.25) is 9.36 Å². The fraction of sp³-hybridized carbons (Fsp3) is 0. The average Bonchev–Trinajstić information content (AvgIpc) is 3.17. The van der Waals surface area contributed by atoms with Crippen LogP contribution in [0.4, 0.5) is 0 Å². The number of carbonyl (C=O) groups is 1. The van der Waals surface area contributed by atoms with Gasteiger partial charge in [0.15, 0.2) is 5.78 Å². The monoisotopic (exact) mass is 348 g/mol. The molecule has 3 aromatic rings. The lowest BCUT2D eigenvalue weighted by atomic mass is 10.0. The fourth-order valence-corrected chi connectivity index (χ4v) is 2.97. The van der Waals surface area contributed by atoms with E-state index in [9.17, 15) is 4.79 Å². The zero-order valence-electron chi connectivity index (χ0n) is 11.2. The summed E-state index contributed by atoms with van der Waals surface area (Å²) in [6, 6.07) is 8.62. The molecule has 0 spiro atoms. The number of carbonyl (C=O) groups excluding carboxylic acids is 1. The number of benzene rings is 1. The normalized spacial score (nSPS) is 11.6. The van der Waals surface area contributed by atoms with Crippen LogP contribution in [0, 0.1) is 0 Å². The molecule has 22 heavy (non-hydrogen) atoms. The molecule has 2 aromatic heterocycles. The number of nitrogens with one attached hydrogen (secondary N) is 1. The number of hydrogen-bond acceptors (Lipinski definition) is 3. The summed E-state index contributed by atoms with van der Waals surface area (Å²) >= 11 is 13.4. The van der Waals surface area contributed by atoms with E-state index in [0.29, 0.717) is 26.3 Å². The van der Waals surface area contributed by atoms with E-state index in [0.717, 1.165) is 5.56 Å². The molecule has 3 rings (SSSR count). The zero-order chi connectivity index (χ0) is 15.5. The van der Waals surface area contributed by atoms with Crippen molar-refractivity contribution in [2.45, 2.75) is 0 Å². The molecule has 0 unspecified atom stereocenters. The minimum Gasteiger partial charge on any atom is -0.345 e. The molecule has 0 amide bonds. The van der Waals surface area contributed by atoms with Crippen molar-refractivity contribution in [2.24, 2.45) is 0 Å². The number of halogens is 2. The number of rotatable bonds is 4. The molecular weight excluding hydrogens is 339 g/mol. The van der Waals surface area contributed by atoms with Gasteiger partial charge < -0.3 is 4.98 Å². The van der Waals surface area contributed by atoms with Gasteiger partial charge in [-0.05, 0) is 41.8 Å². The first kappa shape index (κ1) is 15.0. The van der Waals surface area contributed by atoms with Crippen LogP contribution in [-0.2, 0) is 0 Å². The van der Waals surface area contributed by atoms with Crippen LogP contribution in [0.3, 0.4) is 0 Å². The standard InChI is InChI=1S/C16H10Cl2N2OS/c17-12-3-1-10(2-4-12)14(21)13(16-19-6-7-20-16)9-11-5-8-22-15(11)18/h1-9H,(H,19,20). The lowest BCUT2D eigenvalue weighted by Gasteiger charge is -2.05. The Bertz CT molecular complexity index is 820. The highest BCUT2D eigenvalue weighted by atomic mass is 35.5. The summed E-state index contributed by atoms with van der Waals surface area (Å²) in [7, 11) is 0. The summed E-state index contributed by atoms with van der Waals surface area (Å²) in [5.41, 5.74) is 1.78. The molecular formula is C16H10Cl2N2OS. The highest BCUT2D eigenvalue weighted by Gasteiger charge is 2.17. The molecule has 0 atom stereocenters. The fourth-order valence-electron chi connectivity index (χ4n) is 1.97. The van der Waals surface area contributed by atoms with E-state index in [2.05, 4.69) is 9.97 Å². The number of aromatic amines is 1. The van der Waals surface area contributed by atoms with Crippen LogP contribution in [0.15, 0.2) is 48.1 Å². The van der Waals surface area contributed by atoms with E-state index in [1.165, 1.54) is 11.3 Å². The van der Waals surface area contributed by atoms with Gasteiger partial charge in [0, 0.05) is 28.5 Å². The maximum atomic E-state index is 12.8. The van der Waals surface area contributed by atoms with E-state index in [-0.39, 0.29) is 5.78 Å². The Kier molecular flexibility index (Phi) is 4.43. The number of imidazole rings is 1. The number of hydrogen-bond donors (Lipinski definition) is 1. The number of ketones is 1. The topological polar surface area (TPSA) is 45.8 Å². The summed E-state index contributed by atoms with van der Waals surface area (Å²) in [4.78, 5) is 19.9. The number of aromatic nitrogens is 2. The minimum absolute atomic E-state index is 0.145. The van der Waals surface area contributed by atoms with Crippen molar-refractivity contribution < 1.29 is 4.79 Å². The second-order valence-electron chi connectivity index (χ2n) is 4.48. The highest BCUT2D eigenvalue weighted by Crippen LogP contribution is 2.28. The van der Waals surface area contributed by atoms with E-state index < -0.39 is 0 Å². The van der Waals surface area contributed by atoms with Gasteiger partial charge in [-0.2, -0.15) is 0 Å². The Morgan fingerprint density at radius 1 is 1.18 bits per heavy atom. The molecule has 3 nitrogen and oxygen atoms in total. The Balaban J connectivity index is 2.06. The van der Waals surface area contributed by atoms with E-state index in [4.69, 9.17) is 23.2 Å². The Hall–Kier alpha value is -1.88. The summed E-state index contributed by atoms with van der Waals surface area (Å²) < 4.78 is 0.632. The van der Waals surface area contributed by atoms with Gasteiger partial charge in [0.2, 0.25) is 0 Å². The second kappa shape index (κ2) is 6.48. The number of Topliss-reactive ketones (excluding diaryl/α,β-unsaturated/α-hetero) is 1. The van der Waals surface area contributed by atoms with Crippen molar-refractivity contribution >= 4 is 52.0 Å². The molecule has 0 bridgehead atoms. The maximum absolute atomic E-state index is 12.8. The van der Waals surface area contributed by atoms with Crippen molar-refractivity contribution in [2.75, 3.05) is 0 Å². The number of nitrogens with zero attached hydrogens (tertiary/aromatic N) is 1. The van der Waals surface area contributed by atoms with Crippen molar-refractivity contribution in [3.8, 4) is 0 Å². The molecule has 0 radical (unpaired) electrons. The van der Waals surface area contributed by atoms with Crippen molar-refractivity contribution in [1.29, 1.82) is 0 Å². The number of allylic oxidation sites excluding steroid dienone is 1. The van der Waals surface area contributed by atoms with Crippen LogP contribution in [-0.4, -0.2) is 15.8 Å². The molecule has 1 N–H and O–H groups in total. The van der Waals surface area contributed by atoms with E-state index in [1.54, 1.807) is 42.7 Å². The summed E-state index contributed by atoms with van der Waals surface area (Å²) in [5.74, 6) is 0.358. The van der Waals surface area contributed by atoms with Gasteiger partial charge >= 0.3 is 0 Å². The first-order valence-electron chi connectivity index (χ1n) is 6.40. The zero-order valence-corrected chi connectivity index (χ0v) is 13.5. The summed E-state index contributed by atoms with van der Waals surface area (Å²) in [5, 5.41) is 2.46. The maximum Gasteiger partial charge on any atom is 0.196 e. The predicted molar refractivity (Wildman–Crippen MR) is 91.6 cm³/mol. The molecule has 110 valence electrons. The minimum atomic E-state index is -0.145. The van der Waals surface area contributed by atoms with Crippen LogP contribution < -0.4 is 0 Å². The molecule has 0 aliphatic rings. The average molecular weight is 349 g/mol. The third kappa shape index (κ3) is 3.14. The van der Waals surface area contributed by atoms with Crippen molar-refractivity contribution in [3.05, 3.63) is 74.4 Å². The molecule has 0 fully saturated rings. The highest BCUT2D eigenvalue weighted by molar-refractivity contribution is 7.14. The second-order valence-corrected chi connectivity index (χ2v) is 6.44. The Morgan fingerprint density at radius 3 is 2.55 bits per heavy atom. The van der Waals surface area contributed by atoms with Gasteiger partial charge in [0.1, 0.15) is 10.2 Å². The lowest BCUT2D eigenvalue weighted by Crippen LogP contribution is -2.04. The molecule has 0 saturated heterocycles. The van der Waals surface area contributed by atoms with E-state index in [1.807, 2.05) is 11.4 Å². The summed E-state index contributed by atoms with van der Waals surface area (Å²) in [6.45, 7) is 0. The Labute approximate surface area is 141 Å². The van der Waals surface area contributed by atoms with Gasteiger partial charge in [-0.25, -0.2) is 4.98 Å².